The molecule has 0 aliphatic rings. The molecule has 2 aromatic heterocycles. The van der Waals surface area contributed by atoms with Crippen LogP contribution in [0, 0.1) is 20.8 Å². The van der Waals surface area contributed by atoms with E-state index >= 15 is 0 Å². The third kappa shape index (κ3) is 1.62. The molecule has 0 saturated heterocycles. The first kappa shape index (κ1) is 10.9. The number of aromatic nitrogens is 2. The van der Waals surface area contributed by atoms with Crippen molar-refractivity contribution in [2.24, 2.45) is 0 Å². The molecule has 0 aliphatic carbocycles. The van der Waals surface area contributed by atoms with Crippen LogP contribution in [-0.4, -0.2) is 15.3 Å². The van der Waals surface area contributed by atoms with Gasteiger partial charge in [0.2, 0.25) is 0 Å². The van der Waals surface area contributed by atoms with E-state index in [-0.39, 0.29) is 5.78 Å². The number of hydrogen-bond acceptors (Lipinski definition) is 2. The molecule has 2 heterocycles. The zero-order valence-corrected chi connectivity index (χ0v) is 10.2. The number of ketones is 1. The number of carbonyl (C=O) groups is 1. The Balaban J connectivity index is 2.75. The van der Waals surface area contributed by atoms with Gasteiger partial charge in [-0.1, -0.05) is 0 Å². The Kier molecular flexibility index (Phi) is 2.54. The molecule has 0 aliphatic heterocycles. The lowest BCUT2D eigenvalue weighted by atomic mass is 10.2. The van der Waals surface area contributed by atoms with Crippen LogP contribution in [0.4, 0.5) is 0 Å². The minimum Gasteiger partial charge on any atom is -0.322 e. The summed E-state index contributed by atoms with van der Waals surface area (Å²) in [6.45, 7) is 8.10. The highest BCUT2D eigenvalue weighted by molar-refractivity contribution is 5.84. The Labute approximate surface area is 95.1 Å². The van der Waals surface area contributed by atoms with Crippen molar-refractivity contribution in [2.45, 2.75) is 34.2 Å². The van der Waals surface area contributed by atoms with E-state index in [9.17, 15) is 4.79 Å². The molecule has 0 saturated carbocycles. The van der Waals surface area contributed by atoms with E-state index in [0.29, 0.717) is 6.54 Å². The molecule has 0 bridgehead atoms. The number of rotatable bonds is 2. The normalized spacial score (nSPS) is 11.0. The van der Waals surface area contributed by atoms with Gasteiger partial charge in [0, 0.05) is 16.8 Å². The van der Waals surface area contributed by atoms with Gasteiger partial charge in [-0.15, -0.1) is 0 Å². The van der Waals surface area contributed by atoms with Crippen LogP contribution in [0.3, 0.4) is 0 Å². The topological polar surface area (TPSA) is 34.9 Å². The number of aryl methyl sites for hydroxylation is 2. The highest BCUT2D eigenvalue weighted by Crippen LogP contribution is 2.23. The molecular weight excluding hydrogens is 200 g/mol. The van der Waals surface area contributed by atoms with Gasteiger partial charge in [-0.2, -0.15) is 0 Å². The third-order valence-corrected chi connectivity index (χ3v) is 3.00. The van der Waals surface area contributed by atoms with Gasteiger partial charge in [0.1, 0.15) is 11.4 Å². The zero-order valence-electron chi connectivity index (χ0n) is 10.2. The number of nitrogens with zero attached hydrogens (tertiary/aromatic N) is 2. The molecule has 16 heavy (non-hydrogen) atoms. The highest BCUT2D eigenvalue weighted by Gasteiger charge is 2.12. The summed E-state index contributed by atoms with van der Waals surface area (Å²) in [6.07, 6.45) is 0. The highest BCUT2D eigenvalue weighted by atomic mass is 16.1. The number of Topliss-reactive ketones (excluding diaryl/α,β-unsaturated/α-hetero) is 1. The van der Waals surface area contributed by atoms with Crippen molar-refractivity contribution in [3.8, 4) is 0 Å². The Morgan fingerprint density at radius 3 is 2.62 bits per heavy atom. The fourth-order valence-electron chi connectivity index (χ4n) is 2.01. The second kappa shape index (κ2) is 3.74. The second-order valence-corrected chi connectivity index (χ2v) is 4.32. The Morgan fingerprint density at radius 2 is 2.00 bits per heavy atom. The van der Waals surface area contributed by atoms with Crippen LogP contribution in [0.1, 0.15) is 23.9 Å². The molecule has 0 amide bonds. The molecule has 0 unspecified atom stereocenters. The second-order valence-electron chi connectivity index (χ2n) is 4.32. The fourth-order valence-corrected chi connectivity index (χ4v) is 2.01. The molecule has 0 N–H and O–H groups in total. The number of carbonyl (C=O) groups excluding carboxylic acids is 1. The average molecular weight is 216 g/mol. The maximum Gasteiger partial charge on any atom is 0.149 e. The predicted octanol–water partition coefficient (Wildman–Crippen LogP) is 2.55. The lowest BCUT2D eigenvalue weighted by molar-refractivity contribution is -0.117. The van der Waals surface area contributed by atoms with Gasteiger partial charge in [-0.05, 0) is 45.4 Å². The van der Waals surface area contributed by atoms with Crippen molar-refractivity contribution < 1.29 is 4.79 Å². The summed E-state index contributed by atoms with van der Waals surface area (Å²) >= 11 is 0. The van der Waals surface area contributed by atoms with E-state index in [1.54, 1.807) is 6.92 Å². The van der Waals surface area contributed by atoms with Gasteiger partial charge in [0.25, 0.3) is 0 Å². The largest absolute Gasteiger partial charge is 0.322 e. The molecule has 3 nitrogen and oxygen atoms in total. The fraction of sp³-hybridized carbons (Fsp3) is 0.385. The lowest BCUT2D eigenvalue weighted by Crippen LogP contribution is -2.08. The molecule has 0 aromatic carbocycles. The quantitative estimate of drug-likeness (QED) is 0.773. The van der Waals surface area contributed by atoms with Crippen LogP contribution in [-0.2, 0) is 11.3 Å². The monoisotopic (exact) mass is 216 g/mol. The SMILES string of the molecule is CC(=O)Cn1c(C)c(C)c2ccc(C)nc21. The van der Waals surface area contributed by atoms with Gasteiger partial charge in [-0.3, -0.25) is 4.79 Å². The summed E-state index contributed by atoms with van der Waals surface area (Å²) in [6, 6.07) is 4.09. The van der Waals surface area contributed by atoms with Gasteiger partial charge in [-0.25, -0.2) is 4.98 Å². The minimum atomic E-state index is 0.156. The summed E-state index contributed by atoms with van der Waals surface area (Å²) < 4.78 is 2.00. The Bertz CT molecular complexity index is 567. The zero-order chi connectivity index (χ0) is 11.9. The van der Waals surface area contributed by atoms with Crippen LogP contribution in [0.2, 0.25) is 0 Å². The van der Waals surface area contributed by atoms with Gasteiger partial charge in [0.05, 0.1) is 6.54 Å². The smallest absolute Gasteiger partial charge is 0.149 e. The van der Waals surface area contributed by atoms with Crippen LogP contribution in [0.25, 0.3) is 11.0 Å². The molecule has 0 radical (unpaired) electrons. The van der Waals surface area contributed by atoms with Crippen molar-refractivity contribution in [3.05, 3.63) is 29.1 Å². The molecule has 3 heteroatoms. The predicted molar refractivity (Wildman–Crippen MR) is 64.6 cm³/mol. The first-order chi connectivity index (χ1) is 7.50. The van der Waals surface area contributed by atoms with E-state index in [4.69, 9.17) is 0 Å². The van der Waals surface area contributed by atoms with Gasteiger partial charge < -0.3 is 4.57 Å². The van der Waals surface area contributed by atoms with Crippen LogP contribution < -0.4 is 0 Å². The first-order valence-electron chi connectivity index (χ1n) is 5.43. The van der Waals surface area contributed by atoms with E-state index in [1.165, 1.54) is 5.56 Å². The van der Waals surface area contributed by atoms with E-state index in [2.05, 4.69) is 18.0 Å². The summed E-state index contributed by atoms with van der Waals surface area (Å²) in [5.41, 5.74) is 4.24. The summed E-state index contributed by atoms with van der Waals surface area (Å²) in [4.78, 5) is 15.8. The maximum atomic E-state index is 11.3. The van der Waals surface area contributed by atoms with Crippen molar-refractivity contribution in [3.63, 3.8) is 0 Å². The number of fused-ring (bicyclic) bond motifs is 1. The number of pyridine rings is 1. The molecule has 2 aromatic rings. The standard InChI is InChI=1S/C13H16N2O/c1-8-5-6-12-10(3)11(4)15(7-9(2)16)13(12)14-8/h5-6H,7H2,1-4H3. The van der Waals surface area contributed by atoms with Crippen LogP contribution >= 0.6 is 0 Å². The minimum absolute atomic E-state index is 0.156. The average Bonchev–Trinajstić information content (AvgIpc) is 2.43. The van der Waals surface area contributed by atoms with Gasteiger partial charge >= 0.3 is 0 Å². The van der Waals surface area contributed by atoms with E-state index in [1.807, 2.05) is 24.5 Å². The first-order valence-corrected chi connectivity index (χ1v) is 5.43. The number of hydrogen-bond donors (Lipinski definition) is 0. The maximum absolute atomic E-state index is 11.3. The molecular formula is C13H16N2O. The molecule has 0 spiro atoms. The molecule has 0 fully saturated rings. The van der Waals surface area contributed by atoms with Crippen LogP contribution in [0.5, 0.6) is 0 Å². The molecule has 2 rings (SSSR count). The van der Waals surface area contributed by atoms with Crippen molar-refractivity contribution in [1.29, 1.82) is 0 Å². The van der Waals surface area contributed by atoms with Crippen molar-refractivity contribution >= 4 is 16.8 Å². The summed E-state index contributed by atoms with van der Waals surface area (Å²) in [5, 5.41) is 1.14. The summed E-state index contributed by atoms with van der Waals surface area (Å²) in [5.74, 6) is 0.156. The summed E-state index contributed by atoms with van der Waals surface area (Å²) in [7, 11) is 0. The molecule has 0 atom stereocenters. The van der Waals surface area contributed by atoms with Crippen LogP contribution in [0.15, 0.2) is 12.1 Å². The Hall–Kier alpha value is -1.64. The van der Waals surface area contributed by atoms with Gasteiger partial charge in [0.15, 0.2) is 0 Å². The van der Waals surface area contributed by atoms with E-state index in [0.717, 1.165) is 22.4 Å². The van der Waals surface area contributed by atoms with Crippen molar-refractivity contribution in [2.75, 3.05) is 0 Å². The van der Waals surface area contributed by atoms with Crippen molar-refractivity contribution in [1.82, 2.24) is 9.55 Å². The molecule has 84 valence electrons. The third-order valence-electron chi connectivity index (χ3n) is 3.00. The van der Waals surface area contributed by atoms with E-state index < -0.39 is 0 Å². The lowest BCUT2D eigenvalue weighted by Gasteiger charge is -2.04. The Morgan fingerprint density at radius 1 is 1.31 bits per heavy atom.